The van der Waals surface area contributed by atoms with Crippen LogP contribution in [0.25, 0.3) is 0 Å². The molecule has 6 heteroatoms. The molecule has 1 saturated heterocycles. The third-order valence-corrected chi connectivity index (χ3v) is 3.59. The maximum absolute atomic E-state index is 11.4. The van der Waals surface area contributed by atoms with Gasteiger partial charge in [-0.3, -0.25) is 4.79 Å². The molecule has 2 rings (SSSR count). The largest absolute Gasteiger partial charge is 0.365 e. The molecule has 0 bridgehead atoms. The number of nitrogens with one attached hydrogen (secondary N) is 1. The van der Waals surface area contributed by atoms with Crippen LogP contribution in [-0.4, -0.2) is 35.4 Å². The van der Waals surface area contributed by atoms with Crippen molar-refractivity contribution in [2.24, 2.45) is 0 Å². The first kappa shape index (κ1) is 12.6. The summed E-state index contributed by atoms with van der Waals surface area (Å²) in [7, 11) is 1.82. The van der Waals surface area contributed by atoms with E-state index in [2.05, 4.69) is 26.2 Å². The fourth-order valence-corrected chi connectivity index (χ4v) is 2.60. The fourth-order valence-electron chi connectivity index (χ4n) is 1.84. The quantitative estimate of drug-likeness (QED) is 0.911. The van der Waals surface area contributed by atoms with Crippen molar-refractivity contribution in [2.75, 3.05) is 18.9 Å². The van der Waals surface area contributed by atoms with Gasteiger partial charge in [-0.25, -0.2) is 4.98 Å². The van der Waals surface area contributed by atoms with Crippen LogP contribution < -0.4 is 5.32 Å². The van der Waals surface area contributed by atoms with E-state index >= 15 is 0 Å². The molecule has 4 nitrogen and oxygen atoms in total. The molecular formula is C11H13BrClN3O. The molecule has 1 aromatic rings. The van der Waals surface area contributed by atoms with Crippen LogP contribution in [0, 0.1) is 0 Å². The molecule has 0 unspecified atom stereocenters. The Morgan fingerprint density at radius 3 is 3.06 bits per heavy atom. The summed E-state index contributed by atoms with van der Waals surface area (Å²) in [6, 6.07) is 2.04. The number of likely N-dealkylation sites (tertiary alicyclic amines) is 1. The summed E-state index contributed by atoms with van der Waals surface area (Å²) in [5, 5.41) is 3.91. The molecule has 1 amide bonds. The van der Waals surface area contributed by atoms with Gasteiger partial charge in [0.2, 0.25) is 5.91 Å². The van der Waals surface area contributed by atoms with Crippen molar-refractivity contribution in [3.05, 3.63) is 21.8 Å². The molecule has 1 aliphatic heterocycles. The van der Waals surface area contributed by atoms with Gasteiger partial charge in [0.05, 0.1) is 9.50 Å². The van der Waals surface area contributed by atoms with Crippen molar-refractivity contribution in [1.29, 1.82) is 0 Å². The molecule has 0 saturated carbocycles. The van der Waals surface area contributed by atoms with Gasteiger partial charge in [-0.05, 0) is 28.4 Å². The molecule has 1 N–H and O–H groups in total. The average Bonchev–Trinajstić information content (AvgIpc) is 2.27. The Hall–Kier alpha value is -0.810. The molecule has 0 radical (unpaired) electrons. The minimum atomic E-state index is 0.200. The molecule has 1 aliphatic rings. The number of rotatable bonds is 2. The van der Waals surface area contributed by atoms with Crippen molar-refractivity contribution in [1.82, 2.24) is 9.88 Å². The van der Waals surface area contributed by atoms with Gasteiger partial charge >= 0.3 is 0 Å². The van der Waals surface area contributed by atoms with E-state index < -0.39 is 0 Å². The van der Waals surface area contributed by atoms with Gasteiger partial charge in [-0.2, -0.15) is 0 Å². The van der Waals surface area contributed by atoms with Gasteiger partial charge in [0, 0.05) is 32.3 Å². The summed E-state index contributed by atoms with van der Waals surface area (Å²) >= 11 is 9.24. The molecule has 92 valence electrons. The summed E-state index contributed by atoms with van der Waals surface area (Å²) in [5.74, 6) is 0.966. The smallest absolute Gasteiger partial charge is 0.222 e. The summed E-state index contributed by atoms with van der Waals surface area (Å²) in [5.41, 5.74) is 0. The fraction of sp³-hybridized carbons (Fsp3) is 0.455. The lowest BCUT2D eigenvalue weighted by molar-refractivity contribution is -0.132. The zero-order valence-electron chi connectivity index (χ0n) is 9.41. The Morgan fingerprint density at radius 2 is 2.41 bits per heavy atom. The number of pyridine rings is 1. The summed E-state index contributed by atoms with van der Waals surface area (Å²) < 4.78 is 0.838. The topological polar surface area (TPSA) is 45.2 Å². The number of piperidine rings is 1. The second-order valence-electron chi connectivity index (χ2n) is 4.14. The lowest BCUT2D eigenvalue weighted by Crippen LogP contribution is -2.43. The van der Waals surface area contributed by atoms with E-state index in [1.165, 1.54) is 0 Å². The number of nitrogens with zero attached hydrogens (tertiary/aromatic N) is 2. The third kappa shape index (κ3) is 3.10. The highest BCUT2D eigenvalue weighted by Gasteiger charge is 2.23. The molecule has 0 aromatic carbocycles. The average molecular weight is 319 g/mol. The first-order valence-corrected chi connectivity index (χ1v) is 6.55. The number of carbonyl (C=O) groups is 1. The highest BCUT2D eigenvalue weighted by molar-refractivity contribution is 9.10. The lowest BCUT2D eigenvalue weighted by atomic mass is 10.1. The van der Waals surface area contributed by atoms with Crippen LogP contribution in [0.5, 0.6) is 0 Å². The Morgan fingerprint density at radius 1 is 1.65 bits per heavy atom. The molecule has 0 spiro atoms. The Labute approximate surface area is 113 Å². The van der Waals surface area contributed by atoms with E-state index in [0.29, 0.717) is 18.0 Å². The molecule has 2 heterocycles. The molecular weight excluding hydrogens is 305 g/mol. The number of halogens is 2. The maximum atomic E-state index is 11.4. The molecule has 0 aliphatic carbocycles. The van der Waals surface area contributed by atoms with Gasteiger partial charge in [0.15, 0.2) is 0 Å². The van der Waals surface area contributed by atoms with Crippen molar-refractivity contribution >= 4 is 39.3 Å². The first-order chi connectivity index (χ1) is 8.06. The van der Waals surface area contributed by atoms with E-state index in [-0.39, 0.29) is 11.9 Å². The number of carbonyl (C=O) groups excluding carboxylic acids is 1. The molecule has 1 fully saturated rings. The van der Waals surface area contributed by atoms with E-state index in [4.69, 9.17) is 11.6 Å². The number of amides is 1. The standard InChI is InChI=1S/C11H13BrClN3O/c1-16-6-8(2-3-10(16)17)15-11-9(12)4-7(13)5-14-11/h4-5,8H,2-3,6H2,1H3,(H,14,15)/t8-/m1/s1. The van der Waals surface area contributed by atoms with Gasteiger partial charge in [-0.15, -0.1) is 0 Å². The predicted octanol–water partition coefficient (Wildman–Crippen LogP) is 2.53. The Bertz CT molecular complexity index is 441. The van der Waals surface area contributed by atoms with Crippen molar-refractivity contribution in [3.63, 3.8) is 0 Å². The minimum absolute atomic E-state index is 0.200. The van der Waals surface area contributed by atoms with Gasteiger partial charge in [0.1, 0.15) is 5.82 Å². The first-order valence-electron chi connectivity index (χ1n) is 5.38. The maximum Gasteiger partial charge on any atom is 0.222 e. The minimum Gasteiger partial charge on any atom is -0.365 e. The monoisotopic (exact) mass is 317 g/mol. The van der Waals surface area contributed by atoms with Crippen LogP contribution >= 0.6 is 27.5 Å². The normalized spacial score (nSPS) is 20.5. The highest BCUT2D eigenvalue weighted by Crippen LogP contribution is 2.25. The van der Waals surface area contributed by atoms with Crippen molar-refractivity contribution < 1.29 is 4.79 Å². The van der Waals surface area contributed by atoms with Crippen LogP contribution in [0.3, 0.4) is 0 Å². The van der Waals surface area contributed by atoms with Gasteiger partial charge in [-0.1, -0.05) is 11.6 Å². The van der Waals surface area contributed by atoms with Crippen LogP contribution in [0.2, 0.25) is 5.02 Å². The summed E-state index contributed by atoms with van der Waals surface area (Å²) in [6.45, 7) is 0.704. The zero-order valence-corrected chi connectivity index (χ0v) is 11.8. The SMILES string of the molecule is CN1C[C@H](Nc2ncc(Cl)cc2Br)CCC1=O. The van der Waals surface area contributed by atoms with Crippen LogP contribution in [0.1, 0.15) is 12.8 Å². The Kier molecular flexibility index (Phi) is 3.89. The second-order valence-corrected chi connectivity index (χ2v) is 5.43. The number of anilines is 1. The van der Waals surface area contributed by atoms with Crippen LogP contribution in [0.15, 0.2) is 16.7 Å². The van der Waals surface area contributed by atoms with Gasteiger partial charge < -0.3 is 10.2 Å². The zero-order chi connectivity index (χ0) is 12.4. The number of hydrogen-bond acceptors (Lipinski definition) is 3. The van der Waals surface area contributed by atoms with E-state index in [9.17, 15) is 4.79 Å². The van der Waals surface area contributed by atoms with Crippen LogP contribution in [-0.2, 0) is 4.79 Å². The summed E-state index contributed by atoms with van der Waals surface area (Å²) in [4.78, 5) is 17.3. The lowest BCUT2D eigenvalue weighted by Gasteiger charge is -2.30. The van der Waals surface area contributed by atoms with E-state index in [1.807, 2.05) is 7.05 Å². The molecule has 1 aromatic heterocycles. The van der Waals surface area contributed by atoms with Crippen molar-refractivity contribution in [3.8, 4) is 0 Å². The van der Waals surface area contributed by atoms with Crippen molar-refractivity contribution in [2.45, 2.75) is 18.9 Å². The Balaban J connectivity index is 2.03. The van der Waals surface area contributed by atoms with E-state index in [1.54, 1.807) is 17.2 Å². The second kappa shape index (κ2) is 5.23. The highest BCUT2D eigenvalue weighted by atomic mass is 79.9. The van der Waals surface area contributed by atoms with E-state index in [0.717, 1.165) is 16.7 Å². The molecule has 17 heavy (non-hydrogen) atoms. The van der Waals surface area contributed by atoms with Gasteiger partial charge in [0.25, 0.3) is 0 Å². The summed E-state index contributed by atoms with van der Waals surface area (Å²) in [6.07, 6.45) is 3.02. The van der Waals surface area contributed by atoms with Crippen LogP contribution in [0.4, 0.5) is 5.82 Å². The number of hydrogen-bond donors (Lipinski definition) is 1. The third-order valence-electron chi connectivity index (χ3n) is 2.78. The number of aromatic nitrogens is 1. The molecule has 1 atom stereocenters. The predicted molar refractivity (Wildman–Crippen MR) is 71.2 cm³/mol. The number of likely N-dealkylation sites (N-methyl/N-ethyl adjacent to an activating group) is 1.